The molecule has 2 aliphatic carbocycles. The van der Waals surface area contributed by atoms with Crippen LogP contribution in [0, 0.1) is 27.7 Å². The molecule has 0 aromatic heterocycles. The van der Waals surface area contributed by atoms with Crippen molar-refractivity contribution >= 4 is 11.1 Å². The van der Waals surface area contributed by atoms with Gasteiger partial charge in [-0.25, -0.2) is 0 Å². The molecule has 2 aromatic carbocycles. The number of hydrogen-bond acceptors (Lipinski definition) is 0. The molecule has 2 atom stereocenters. The predicted molar refractivity (Wildman–Crippen MR) is 123 cm³/mol. The second-order valence-corrected chi connectivity index (χ2v) is 22.3. The molecule has 1 aliphatic heterocycles. The van der Waals surface area contributed by atoms with Gasteiger partial charge in [0.05, 0.1) is 0 Å². The first-order valence-electron chi connectivity index (χ1n) is 11.3. The standard InChI is InChI=1S/C26H28.2CH3.Zr/c1-15-7-9-17(3)25-21(19(5)13-23(15)25)11-12-22-20(6)14-24-16(2)8-10-18(4)26(22)24;;;/h7-10,13-14H,11-12H2,1-6H3;2*1H3;. The topological polar surface area (TPSA) is 0 Å². The molecule has 150 valence electrons. The Morgan fingerprint density at radius 1 is 0.586 bits per heavy atom. The Balaban J connectivity index is 1.85. The summed E-state index contributed by atoms with van der Waals surface area (Å²) < 4.78 is 6.93. The Morgan fingerprint density at radius 2 is 0.931 bits per heavy atom. The molecule has 0 spiro atoms. The predicted octanol–water partition coefficient (Wildman–Crippen LogP) is 8.32. The molecule has 0 saturated heterocycles. The molecule has 0 amide bonds. The summed E-state index contributed by atoms with van der Waals surface area (Å²) in [4.78, 5) is 0. The summed E-state index contributed by atoms with van der Waals surface area (Å²) in [6, 6.07) is 9.50. The van der Waals surface area contributed by atoms with Crippen LogP contribution in [0.1, 0.15) is 78.4 Å². The molecule has 1 heteroatoms. The van der Waals surface area contributed by atoms with Crippen LogP contribution in [0.5, 0.6) is 0 Å². The Bertz CT molecular complexity index is 1050. The minimum atomic E-state index is -2.69. The van der Waals surface area contributed by atoms with E-state index in [1.165, 1.54) is 35.1 Å². The van der Waals surface area contributed by atoms with E-state index in [4.69, 9.17) is 0 Å². The van der Waals surface area contributed by atoms with Crippen molar-refractivity contribution in [2.24, 2.45) is 0 Å². The molecule has 0 N–H and O–H groups in total. The van der Waals surface area contributed by atoms with Gasteiger partial charge in [-0.3, -0.25) is 0 Å². The van der Waals surface area contributed by atoms with Crippen LogP contribution in [-0.4, -0.2) is 0 Å². The zero-order chi connectivity index (χ0) is 20.8. The van der Waals surface area contributed by atoms with Crippen LogP contribution in [0.3, 0.4) is 0 Å². The second kappa shape index (κ2) is 6.40. The molecule has 0 radical (unpaired) electrons. The SMILES string of the molecule is CC1=C2CCC3=C(C)[CH](c4c(C)ccc(C)c43)[Zr]([CH3])([CH3])[CH]1c1c(C)ccc(C)c12. The zero-order valence-electron chi connectivity index (χ0n) is 19.4. The normalized spacial score (nSPS) is 24.3. The third-order valence-corrected chi connectivity index (χ3v) is 19.3. The van der Waals surface area contributed by atoms with E-state index in [1.54, 1.807) is 44.5 Å². The van der Waals surface area contributed by atoms with Gasteiger partial charge in [-0.15, -0.1) is 0 Å². The molecule has 0 fully saturated rings. The van der Waals surface area contributed by atoms with Gasteiger partial charge in [-0.2, -0.15) is 0 Å². The summed E-state index contributed by atoms with van der Waals surface area (Å²) >= 11 is -2.69. The summed E-state index contributed by atoms with van der Waals surface area (Å²) in [6.07, 6.45) is 2.40. The van der Waals surface area contributed by atoms with E-state index in [0.29, 0.717) is 7.25 Å². The average Bonchev–Trinajstić information content (AvgIpc) is 3.13. The number of rotatable bonds is 0. The molecule has 2 unspecified atom stereocenters. The van der Waals surface area contributed by atoms with Crippen molar-refractivity contribution in [3.8, 4) is 0 Å². The fourth-order valence-electron chi connectivity index (χ4n) is 7.31. The van der Waals surface area contributed by atoms with Crippen LogP contribution < -0.4 is 0 Å². The maximum absolute atomic E-state index is 2.76. The van der Waals surface area contributed by atoms with Crippen molar-refractivity contribution in [3.05, 3.63) is 79.9 Å². The fourth-order valence-corrected chi connectivity index (χ4v) is 20.0. The summed E-state index contributed by atoms with van der Waals surface area (Å²) in [5.74, 6) is 0. The second-order valence-electron chi connectivity index (χ2n) is 10.5. The van der Waals surface area contributed by atoms with E-state index in [0.717, 1.165) is 0 Å². The van der Waals surface area contributed by atoms with Gasteiger partial charge in [-0.1, -0.05) is 0 Å². The van der Waals surface area contributed by atoms with E-state index in [9.17, 15) is 0 Å². The maximum atomic E-state index is 2.76. The number of allylic oxidation sites excluding steroid dienone is 4. The molecule has 5 rings (SSSR count). The van der Waals surface area contributed by atoms with Crippen LogP contribution in [0.2, 0.25) is 9.26 Å². The monoisotopic (exact) mass is 460 g/mol. The molecular formula is C28H34Zr. The van der Waals surface area contributed by atoms with Crippen LogP contribution in [-0.2, 0) is 20.3 Å². The van der Waals surface area contributed by atoms with Gasteiger partial charge in [0, 0.05) is 0 Å². The van der Waals surface area contributed by atoms with E-state index in [-0.39, 0.29) is 0 Å². The molecule has 3 aliphatic rings. The number of hydrogen-bond donors (Lipinski definition) is 0. The van der Waals surface area contributed by atoms with Crippen LogP contribution in [0.15, 0.2) is 35.4 Å². The first-order valence-corrected chi connectivity index (χ1v) is 19.0. The van der Waals surface area contributed by atoms with Gasteiger partial charge in [0.15, 0.2) is 0 Å². The van der Waals surface area contributed by atoms with Crippen molar-refractivity contribution in [3.63, 3.8) is 0 Å². The Labute approximate surface area is 181 Å². The van der Waals surface area contributed by atoms with E-state index in [2.05, 4.69) is 75.1 Å². The van der Waals surface area contributed by atoms with Crippen molar-refractivity contribution in [2.75, 3.05) is 0 Å². The molecule has 2 aromatic rings. The fraction of sp³-hybridized carbons (Fsp3) is 0.429. The number of benzene rings is 2. The van der Waals surface area contributed by atoms with Gasteiger partial charge < -0.3 is 0 Å². The van der Waals surface area contributed by atoms with Crippen LogP contribution in [0.25, 0.3) is 11.1 Å². The molecule has 0 saturated carbocycles. The average molecular weight is 462 g/mol. The van der Waals surface area contributed by atoms with Gasteiger partial charge >= 0.3 is 182 Å². The summed E-state index contributed by atoms with van der Waals surface area (Å²) in [6.45, 7) is 14.4. The molecule has 0 nitrogen and oxygen atoms in total. The van der Waals surface area contributed by atoms with Gasteiger partial charge in [0.2, 0.25) is 0 Å². The summed E-state index contributed by atoms with van der Waals surface area (Å²) in [7, 11) is 0. The number of fused-ring (bicyclic) bond motifs is 8. The zero-order valence-corrected chi connectivity index (χ0v) is 21.8. The minimum absolute atomic E-state index is 0.708. The first kappa shape index (κ1) is 19.7. The van der Waals surface area contributed by atoms with Crippen LogP contribution in [0.4, 0.5) is 0 Å². The van der Waals surface area contributed by atoms with Crippen molar-refractivity contribution in [1.82, 2.24) is 0 Å². The Kier molecular flexibility index (Phi) is 4.36. The molecule has 4 bridgehead atoms. The quantitative estimate of drug-likeness (QED) is 0.370. The summed E-state index contributed by atoms with van der Waals surface area (Å²) in [5.41, 5.74) is 19.6. The third-order valence-electron chi connectivity index (χ3n) is 8.46. The van der Waals surface area contributed by atoms with E-state index in [1.807, 2.05) is 0 Å². The molecular weight excluding hydrogens is 428 g/mol. The van der Waals surface area contributed by atoms with E-state index >= 15 is 0 Å². The van der Waals surface area contributed by atoms with Gasteiger partial charge in [0.1, 0.15) is 0 Å². The van der Waals surface area contributed by atoms with Crippen molar-refractivity contribution in [1.29, 1.82) is 0 Å². The first-order chi connectivity index (χ1) is 13.7. The number of aryl methyl sites for hydroxylation is 4. The van der Waals surface area contributed by atoms with Crippen molar-refractivity contribution in [2.45, 2.75) is 70.9 Å². The molecule has 29 heavy (non-hydrogen) atoms. The van der Waals surface area contributed by atoms with Gasteiger partial charge in [0.25, 0.3) is 0 Å². The molecule has 1 heterocycles. The Morgan fingerprint density at radius 3 is 1.31 bits per heavy atom. The summed E-state index contributed by atoms with van der Waals surface area (Å²) in [5, 5.41) is 0. The van der Waals surface area contributed by atoms with Crippen LogP contribution >= 0.6 is 0 Å². The Hall–Kier alpha value is -1.20. The van der Waals surface area contributed by atoms with E-state index < -0.39 is 20.3 Å². The van der Waals surface area contributed by atoms with Gasteiger partial charge in [-0.05, 0) is 0 Å². The third kappa shape index (κ3) is 2.46. The van der Waals surface area contributed by atoms with Crippen molar-refractivity contribution < 1.29 is 20.3 Å².